The van der Waals surface area contributed by atoms with E-state index in [1.165, 1.54) is 27.5 Å². The Morgan fingerprint density at radius 2 is 1.89 bits per heavy atom. The minimum atomic E-state index is -0.0887. The molecule has 27 heavy (non-hydrogen) atoms. The van der Waals surface area contributed by atoms with Gasteiger partial charge in [-0.25, -0.2) is 5.43 Å². The molecule has 1 N–H and O–H groups in total. The lowest BCUT2D eigenvalue weighted by Crippen LogP contribution is -2.19. The third-order valence-electron chi connectivity index (χ3n) is 4.75. The molecular formula is C22H19BrN2OS. The third-order valence-corrected chi connectivity index (χ3v) is 6.51. The number of benzene rings is 3. The van der Waals surface area contributed by atoms with Crippen LogP contribution in [-0.2, 0) is 23.4 Å². The van der Waals surface area contributed by atoms with Gasteiger partial charge in [-0.15, -0.1) is 11.8 Å². The molecule has 3 aromatic carbocycles. The zero-order chi connectivity index (χ0) is 18.6. The standard InChI is InChI=1S/C22H19BrN2OS/c23-20-7-2-1-4-18(20)13-27-14-21(26)25-24-12-17-11-10-16-9-8-15-5-3-6-19(17)22(15)16/h1-7,10-12H,8-9,13-14H2,(H,25,26). The van der Waals surface area contributed by atoms with Crippen molar-refractivity contribution in [3.8, 4) is 0 Å². The van der Waals surface area contributed by atoms with Crippen LogP contribution in [0.4, 0.5) is 0 Å². The largest absolute Gasteiger partial charge is 0.272 e. The minimum absolute atomic E-state index is 0.0887. The number of halogens is 1. The van der Waals surface area contributed by atoms with Crippen molar-refractivity contribution in [2.45, 2.75) is 18.6 Å². The summed E-state index contributed by atoms with van der Waals surface area (Å²) < 4.78 is 1.07. The average molecular weight is 439 g/mol. The van der Waals surface area contributed by atoms with Crippen molar-refractivity contribution in [3.63, 3.8) is 0 Å². The van der Waals surface area contributed by atoms with Crippen molar-refractivity contribution in [3.05, 3.63) is 81.3 Å². The number of carbonyl (C=O) groups is 1. The van der Waals surface area contributed by atoms with E-state index in [1.54, 1.807) is 18.0 Å². The summed E-state index contributed by atoms with van der Waals surface area (Å²) in [6, 6.07) is 18.7. The highest BCUT2D eigenvalue weighted by Gasteiger charge is 2.15. The smallest absolute Gasteiger partial charge is 0.250 e. The summed E-state index contributed by atoms with van der Waals surface area (Å²) in [7, 11) is 0. The Morgan fingerprint density at radius 3 is 2.74 bits per heavy atom. The first-order valence-electron chi connectivity index (χ1n) is 8.89. The summed E-state index contributed by atoms with van der Waals surface area (Å²) in [5.74, 6) is 1.07. The second-order valence-corrected chi connectivity index (χ2v) is 8.37. The maximum absolute atomic E-state index is 12.0. The van der Waals surface area contributed by atoms with Crippen LogP contribution in [0.1, 0.15) is 22.3 Å². The van der Waals surface area contributed by atoms with E-state index in [2.05, 4.69) is 62.9 Å². The summed E-state index contributed by atoms with van der Waals surface area (Å²) in [5, 5.41) is 6.74. The van der Waals surface area contributed by atoms with E-state index in [-0.39, 0.29) is 5.91 Å². The molecule has 0 spiro atoms. The van der Waals surface area contributed by atoms with Crippen molar-refractivity contribution in [1.29, 1.82) is 0 Å². The Kier molecular flexibility index (Phi) is 5.60. The predicted molar refractivity (Wildman–Crippen MR) is 117 cm³/mol. The molecule has 0 aliphatic heterocycles. The Morgan fingerprint density at radius 1 is 1.07 bits per heavy atom. The van der Waals surface area contributed by atoms with Gasteiger partial charge >= 0.3 is 0 Å². The van der Waals surface area contributed by atoms with Gasteiger partial charge in [0, 0.05) is 15.8 Å². The van der Waals surface area contributed by atoms with Crippen LogP contribution in [0.25, 0.3) is 10.8 Å². The molecule has 0 unspecified atom stereocenters. The zero-order valence-corrected chi connectivity index (χ0v) is 17.1. The molecule has 5 heteroatoms. The Bertz CT molecular complexity index is 1020. The summed E-state index contributed by atoms with van der Waals surface area (Å²) in [5.41, 5.74) is 7.68. The minimum Gasteiger partial charge on any atom is -0.272 e. The van der Waals surface area contributed by atoms with Gasteiger partial charge in [0.25, 0.3) is 0 Å². The number of hydrazone groups is 1. The van der Waals surface area contributed by atoms with Gasteiger partial charge in [0.1, 0.15) is 0 Å². The topological polar surface area (TPSA) is 41.5 Å². The maximum Gasteiger partial charge on any atom is 0.250 e. The SMILES string of the molecule is O=C(CSCc1ccccc1Br)NN=Cc1ccc2c3c(cccc13)CC2. The van der Waals surface area contributed by atoms with Crippen LogP contribution in [0.15, 0.2) is 64.2 Å². The van der Waals surface area contributed by atoms with E-state index < -0.39 is 0 Å². The molecule has 0 atom stereocenters. The molecule has 0 fully saturated rings. The number of hydrogen-bond donors (Lipinski definition) is 1. The quantitative estimate of drug-likeness (QED) is 0.430. The van der Waals surface area contributed by atoms with Gasteiger partial charge in [0.05, 0.1) is 12.0 Å². The monoisotopic (exact) mass is 438 g/mol. The highest BCUT2D eigenvalue weighted by atomic mass is 79.9. The number of hydrogen-bond acceptors (Lipinski definition) is 3. The molecule has 4 rings (SSSR count). The van der Waals surface area contributed by atoms with Crippen LogP contribution in [-0.4, -0.2) is 17.9 Å². The van der Waals surface area contributed by atoms with Crippen LogP contribution in [0.2, 0.25) is 0 Å². The lowest BCUT2D eigenvalue weighted by atomic mass is 10.0. The van der Waals surface area contributed by atoms with Crippen molar-refractivity contribution in [2.24, 2.45) is 5.10 Å². The van der Waals surface area contributed by atoms with Crippen LogP contribution in [0, 0.1) is 0 Å². The normalized spacial score (nSPS) is 12.8. The summed E-state index contributed by atoms with van der Waals surface area (Å²) in [4.78, 5) is 12.0. The highest BCUT2D eigenvalue weighted by Crippen LogP contribution is 2.32. The molecule has 0 aromatic heterocycles. The van der Waals surface area contributed by atoms with E-state index in [9.17, 15) is 4.79 Å². The zero-order valence-electron chi connectivity index (χ0n) is 14.7. The molecule has 3 nitrogen and oxygen atoms in total. The fourth-order valence-electron chi connectivity index (χ4n) is 3.46. The van der Waals surface area contributed by atoms with E-state index in [4.69, 9.17) is 0 Å². The van der Waals surface area contributed by atoms with Crippen molar-refractivity contribution >= 4 is 50.6 Å². The van der Waals surface area contributed by atoms with Crippen LogP contribution in [0.5, 0.6) is 0 Å². The fraction of sp³-hybridized carbons (Fsp3) is 0.182. The summed E-state index contributed by atoms with van der Waals surface area (Å²) >= 11 is 5.10. The number of rotatable bonds is 6. The van der Waals surface area contributed by atoms with Gasteiger partial charge in [0.2, 0.25) is 5.91 Å². The highest BCUT2D eigenvalue weighted by molar-refractivity contribution is 9.10. The lowest BCUT2D eigenvalue weighted by Gasteiger charge is -2.06. The van der Waals surface area contributed by atoms with E-state index in [0.29, 0.717) is 5.75 Å². The van der Waals surface area contributed by atoms with Crippen LogP contribution >= 0.6 is 27.7 Å². The lowest BCUT2D eigenvalue weighted by molar-refractivity contribution is -0.118. The number of aryl methyl sites for hydroxylation is 2. The Hall–Kier alpha value is -2.11. The number of carbonyl (C=O) groups excluding carboxylic acids is 1. The molecule has 1 amide bonds. The molecule has 3 aromatic rings. The van der Waals surface area contributed by atoms with E-state index in [1.807, 2.05) is 18.2 Å². The second kappa shape index (κ2) is 8.28. The molecule has 1 aliphatic rings. The molecule has 136 valence electrons. The van der Waals surface area contributed by atoms with Gasteiger partial charge in [0.15, 0.2) is 0 Å². The molecular weight excluding hydrogens is 420 g/mol. The molecule has 0 saturated carbocycles. The van der Waals surface area contributed by atoms with Gasteiger partial charge in [-0.2, -0.15) is 5.10 Å². The van der Waals surface area contributed by atoms with Crippen molar-refractivity contribution in [2.75, 3.05) is 5.75 Å². The molecule has 0 radical (unpaired) electrons. The van der Waals surface area contributed by atoms with Gasteiger partial charge in [-0.3, -0.25) is 4.79 Å². The van der Waals surface area contributed by atoms with Gasteiger partial charge in [-0.05, 0) is 46.4 Å². The number of thioether (sulfide) groups is 1. The summed E-state index contributed by atoms with van der Waals surface area (Å²) in [6.07, 6.45) is 3.97. The number of nitrogens with zero attached hydrogens (tertiary/aromatic N) is 1. The van der Waals surface area contributed by atoms with Crippen molar-refractivity contribution in [1.82, 2.24) is 5.43 Å². The fourth-order valence-corrected chi connectivity index (χ4v) is 4.89. The van der Waals surface area contributed by atoms with Gasteiger partial charge < -0.3 is 0 Å². The molecule has 0 saturated heterocycles. The number of amides is 1. The van der Waals surface area contributed by atoms with Gasteiger partial charge in [-0.1, -0.05) is 64.5 Å². The van der Waals surface area contributed by atoms with Crippen LogP contribution < -0.4 is 5.43 Å². The predicted octanol–water partition coefficient (Wildman–Crippen LogP) is 5.08. The van der Waals surface area contributed by atoms with E-state index in [0.717, 1.165) is 28.6 Å². The average Bonchev–Trinajstić information content (AvgIpc) is 3.10. The Balaban J connectivity index is 1.35. The summed E-state index contributed by atoms with van der Waals surface area (Å²) in [6.45, 7) is 0. The first-order valence-corrected chi connectivity index (χ1v) is 10.8. The third kappa shape index (κ3) is 4.09. The molecule has 1 aliphatic carbocycles. The first-order chi connectivity index (χ1) is 13.2. The maximum atomic E-state index is 12.0. The Labute approximate surface area is 171 Å². The molecule has 0 bridgehead atoms. The number of nitrogens with one attached hydrogen (secondary N) is 1. The molecule has 0 heterocycles. The van der Waals surface area contributed by atoms with E-state index >= 15 is 0 Å². The second-order valence-electron chi connectivity index (χ2n) is 6.53. The van der Waals surface area contributed by atoms with Crippen molar-refractivity contribution < 1.29 is 4.79 Å². The van der Waals surface area contributed by atoms with Crippen LogP contribution in [0.3, 0.4) is 0 Å². The first kappa shape index (κ1) is 18.3.